The van der Waals surface area contributed by atoms with Crippen LogP contribution in [0.2, 0.25) is 0 Å². The van der Waals surface area contributed by atoms with E-state index in [2.05, 4.69) is 5.32 Å². The summed E-state index contributed by atoms with van der Waals surface area (Å²) in [4.78, 5) is 38.8. The Morgan fingerprint density at radius 1 is 1.16 bits per heavy atom. The zero-order valence-electron chi connectivity index (χ0n) is 17.1. The summed E-state index contributed by atoms with van der Waals surface area (Å²) in [6, 6.07) is 17.7. The van der Waals surface area contributed by atoms with Gasteiger partial charge in [0, 0.05) is 12.7 Å². The van der Waals surface area contributed by atoms with Gasteiger partial charge in [-0.15, -0.1) is 0 Å². The number of thioether (sulfide) groups is 1. The zero-order valence-corrected chi connectivity index (χ0v) is 17.9. The molecule has 0 aromatic heterocycles. The number of nitrogens with zero attached hydrogens (tertiary/aromatic N) is 2. The lowest BCUT2D eigenvalue weighted by Gasteiger charge is -2.18. The highest BCUT2D eigenvalue weighted by Gasteiger charge is 2.40. The molecule has 1 saturated heterocycles. The SMILES string of the molecule is CCOC(=O)c1ccc(CC2S/C(=C(/C#N)C(=O)NC)N(c3ccccc3)C2=O)cc1. The largest absolute Gasteiger partial charge is 0.462 e. The molecule has 1 fully saturated rings. The van der Waals surface area contributed by atoms with Crippen molar-refractivity contribution in [3.8, 4) is 6.07 Å². The molecule has 1 heterocycles. The third-order valence-electron chi connectivity index (χ3n) is 4.63. The summed E-state index contributed by atoms with van der Waals surface area (Å²) in [5, 5.41) is 11.8. The second-order valence-corrected chi connectivity index (χ2v) is 7.80. The smallest absolute Gasteiger partial charge is 0.338 e. The first kappa shape index (κ1) is 22.1. The van der Waals surface area contributed by atoms with E-state index in [0.29, 0.717) is 29.3 Å². The molecule has 3 rings (SSSR count). The molecule has 158 valence electrons. The van der Waals surface area contributed by atoms with Crippen molar-refractivity contribution in [3.63, 3.8) is 0 Å². The number of carbonyl (C=O) groups excluding carboxylic acids is 3. The van der Waals surface area contributed by atoms with Gasteiger partial charge >= 0.3 is 5.97 Å². The van der Waals surface area contributed by atoms with Crippen LogP contribution in [0.3, 0.4) is 0 Å². The molecule has 0 spiro atoms. The van der Waals surface area contributed by atoms with Crippen LogP contribution in [0.25, 0.3) is 0 Å². The second-order valence-electron chi connectivity index (χ2n) is 6.61. The quantitative estimate of drug-likeness (QED) is 0.425. The second kappa shape index (κ2) is 9.96. The molecule has 0 bridgehead atoms. The molecule has 7 nitrogen and oxygen atoms in total. The van der Waals surface area contributed by atoms with Gasteiger partial charge in [-0.05, 0) is 43.2 Å². The first-order valence-electron chi connectivity index (χ1n) is 9.68. The van der Waals surface area contributed by atoms with E-state index in [9.17, 15) is 19.6 Å². The van der Waals surface area contributed by atoms with Crippen molar-refractivity contribution in [2.75, 3.05) is 18.6 Å². The Hall–Kier alpha value is -3.57. The number of nitrogens with one attached hydrogen (secondary N) is 1. The number of amides is 2. The Morgan fingerprint density at radius 2 is 1.84 bits per heavy atom. The number of hydrogen-bond acceptors (Lipinski definition) is 6. The maximum Gasteiger partial charge on any atom is 0.338 e. The van der Waals surface area contributed by atoms with Crippen molar-refractivity contribution in [2.24, 2.45) is 0 Å². The van der Waals surface area contributed by atoms with Crippen LogP contribution in [-0.2, 0) is 20.7 Å². The average Bonchev–Trinajstić information content (AvgIpc) is 3.10. The van der Waals surface area contributed by atoms with Gasteiger partial charge in [-0.25, -0.2) is 4.79 Å². The predicted octanol–water partition coefficient (Wildman–Crippen LogP) is 3.04. The van der Waals surface area contributed by atoms with Crippen LogP contribution in [0.15, 0.2) is 65.2 Å². The Kier molecular flexibility index (Phi) is 7.11. The first-order valence-corrected chi connectivity index (χ1v) is 10.6. The summed E-state index contributed by atoms with van der Waals surface area (Å²) in [6.07, 6.45) is 0.381. The van der Waals surface area contributed by atoms with E-state index in [4.69, 9.17) is 4.74 Å². The molecular weight excluding hydrogens is 414 g/mol. The minimum absolute atomic E-state index is 0.107. The van der Waals surface area contributed by atoms with Crippen LogP contribution >= 0.6 is 11.8 Å². The number of esters is 1. The van der Waals surface area contributed by atoms with Gasteiger partial charge in [0.25, 0.3) is 5.91 Å². The van der Waals surface area contributed by atoms with E-state index in [-0.39, 0.29) is 11.5 Å². The van der Waals surface area contributed by atoms with Gasteiger partial charge in [0.05, 0.1) is 17.4 Å². The fourth-order valence-electron chi connectivity index (χ4n) is 3.13. The van der Waals surface area contributed by atoms with Gasteiger partial charge < -0.3 is 10.1 Å². The van der Waals surface area contributed by atoms with Crippen molar-refractivity contribution < 1.29 is 19.1 Å². The molecule has 1 unspecified atom stereocenters. The number of benzene rings is 2. The van der Waals surface area contributed by atoms with Crippen LogP contribution in [0, 0.1) is 11.3 Å². The van der Waals surface area contributed by atoms with Crippen LogP contribution in [0.1, 0.15) is 22.8 Å². The monoisotopic (exact) mass is 435 g/mol. The number of ether oxygens (including phenoxy) is 1. The molecule has 0 radical (unpaired) electrons. The molecule has 1 N–H and O–H groups in total. The maximum atomic E-state index is 13.3. The van der Waals surface area contributed by atoms with Crippen LogP contribution in [0.4, 0.5) is 5.69 Å². The highest BCUT2D eigenvalue weighted by Crippen LogP contribution is 2.41. The predicted molar refractivity (Wildman–Crippen MR) is 118 cm³/mol. The van der Waals surface area contributed by atoms with E-state index >= 15 is 0 Å². The van der Waals surface area contributed by atoms with Crippen LogP contribution in [-0.4, -0.2) is 36.7 Å². The molecule has 1 atom stereocenters. The minimum Gasteiger partial charge on any atom is -0.462 e. The molecule has 2 aromatic carbocycles. The fraction of sp³-hybridized carbons (Fsp3) is 0.217. The number of likely N-dealkylation sites (N-methyl/N-ethyl adjacent to an activating group) is 1. The maximum absolute atomic E-state index is 13.3. The standard InChI is InChI=1S/C23H21N3O4S/c1-3-30-23(29)16-11-9-15(10-12-16)13-19-21(28)26(17-7-5-4-6-8-17)22(31-19)18(14-24)20(27)25-2/h4-12,19H,3,13H2,1-2H3,(H,25,27)/b22-18-. The molecule has 1 aliphatic heterocycles. The Morgan fingerprint density at radius 3 is 2.42 bits per heavy atom. The summed E-state index contributed by atoms with van der Waals surface area (Å²) >= 11 is 1.19. The van der Waals surface area contributed by atoms with Crippen LogP contribution in [0.5, 0.6) is 0 Å². The molecule has 0 saturated carbocycles. The van der Waals surface area contributed by atoms with Gasteiger partial charge in [-0.1, -0.05) is 42.1 Å². The lowest BCUT2D eigenvalue weighted by molar-refractivity contribution is -0.117. The number of hydrogen-bond donors (Lipinski definition) is 1. The normalized spacial score (nSPS) is 17.1. The highest BCUT2D eigenvalue weighted by atomic mass is 32.2. The van der Waals surface area contributed by atoms with Crippen LogP contribution < -0.4 is 10.2 Å². The van der Waals surface area contributed by atoms with E-state index in [1.165, 1.54) is 23.7 Å². The Bertz CT molecular complexity index is 1060. The summed E-state index contributed by atoms with van der Waals surface area (Å²) in [6.45, 7) is 2.04. The van der Waals surface area contributed by atoms with Crippen molar-refractivity contribution in [3.05, 3.63) is 76.3 Å². The minimum atomic E-state index is -0.543. The van der Waals surface area contributed by atoms with E-state index in [1.54, 1.807) is 55.5 Å². The summed E-state index contributed by atoms with van der Waals surface area (Å²) in [5.74, 6) is -1.15. The van der Waals surface area contributed by atoms with Gasteiger partial charge in [0.2, 0.25) is 5.91 Å². The number of rotatable bonds is 6. The highest BCUT2D eigenvalue weighted by molar-refractivity contribution is 8.05. The van der Waals surface area contributed by atoms with E-state index in [1.807, 2.05) is 12.1 Å². The Balaban J connectivity index is 1.92. The zero-order chi connectivity index (χ0) is 22.4. The third kappa shape index (κ3) is 4.78. The lowest BCUT2D eigenvalue weighted by Crippen LogP contribution is -2.31. The number of anilines is 1. The molecule has 2 aromatic rings. The van der Waals surface area contributed by atoms with Crippen molar-refractivity contribution in [1.29, 1.82) is 5.26 Å². The average molecular weight is 436 g/mol. The topological polar surface area (TPSA) is 99.5 Å². The van der Waals surface area contributed by atoms with Gasteiger partial charge in [0.15, 0.2) is 0 Å². The lowest BCUT2D eigenvalue weighted by atomic mass is 10.1. The van der Waals surface area contributed by atoms with Crippen molar-refractivity contribution in [1.82, 2.24) is 5.32 Å². The Labute approximate surface area is 184 Å². The number of nitriles is 1. The fourth-order valence-corrected chi connectivity index (χ4v) is 4.44. The third-order valence-corrected chi connectivity index (χ3v) is 5.90. The number of carbonyl (C=O) groups is 3. The number of para-hydroxylation sites is 1. The molecule has 0 aliphatic carbocycles. The molecule has 2 amide bonds. The van der Waals surface area contributed by atoms with Gasteiger partial charge in [-0.2, -0.15) is 5.26 Å². The first-order chi connectivity index (χ1) is 15.0. The molecule has 1 aliphatic rings. The van der Waals surface area contributed by atoms with Gasteiger partial charge in [-0.3, -0.25) is 14.5 Å². The summed E-state index contributed by atoms with van der Waals surface area (Å²) in [5.41, 5.74) is 1.78. The van der Waals surface area contributed by atoms with E-state index < -0.39 is 17.1 Å². The molecular formula is C23H21N3O4S. The van der Waals surface area contributed by atoms with E-state index in [0.717, 1.165) is 5.56 Å². The molecule has 31 heavy (non-hydrogen) atoms. The van der Waals surface area contributed by atoms with Gasteiger partial charge in [0.1, 0.15) is 16.7 Å². The summed E-state index contributed by atoms with van der Waals surface area (Å²) in [7, 11) is 1.44. The van der Waals surface area contributed by atoms with Crippen molar-refractivity contribution in [2.45, 2.75) is 18.6 Å². The molecule has 8 heteroatoms. The van der Waals surface area contributed by atoms with Crippen molar-refractivity contribution >= 4 is 35.2 Å². The summed E-state index contributed by atoms with van der Waals surface area (Å²) < 4.78 is 4.99.